The molecule has 0 radical (unpaired) electrons. The van der Waals surface area contributed by atoms with Gasteiger partial charge in [-0.05, 0) is 38.8 Å². The van der Waals surface area contributed by atoms with Gasteiger partial charge in [0.25, 0.3) is 0 Å². The molecule has 84 valence electrons. The molecule has 0 amide bonds. The number of hydrogen-bond donors (Lipinski definition) is 1. The lowest BCUT2D eigenvalue weighted by molar-refractivity contribution is 0.00241. The molecular weight excluding hydrogens is 190 g/mol. The van der Waals surface area contributed by atoms with Gasteiger partial charge in [-0.3, -0.25) is 4.98 Å². The van der Waals surface area contributed by atoms with Gasteiger partial charge < -0.3 is 9.84 Å². The first kappa shape index (κ1) is 12.1. The van der Waals surface area contributed by atoms with E-state index in [2.05, 4.69) is 4.98 Å². The fourth-order valence-corrected chi connectivity index (χ4v) is 1.31. The van der Waals surface area contributed by atoms with Crippen LogP contribution in [0.25, 0.3) is 0 Å². The highest BCUT2D eigenvalue weighted by Gasteiger charge is 2.19. The molecule has 15 heavy (non-hydrogen) atoms. The molecule has 1 N–H and O–H groups in total. The van der Waals surface area contributed by atoms with Gasteiger partial charge in [-0.25, -0.2) is 0 Å². The van der Waals surface area contributed by atoms with E-state index in [9.17, 15) is 5.11 Å². The third kappa shape index (κ3) is 3.98. The number of aliphatic hydroxyl groups excluding tert-OH is 1. The van der Waals surface area contributed by atoms with Crippen LogP contribution >= 0.6 is 0 Å². The predicted octanol–water partition coefficient (Wildman–Crippen LogP) is 2.32. The Labute approximate surface area is 91.1 Å². The summed E-state index contributed by atoms with van der Waals surface area (Å²) in [5.41, 5.74) is 0.542. The van der Waals surface area contributed by atoms with E-state index in [4.69, 9.17) is 4.74 Å². The topological polar surface area (TPSA) is 42.4 Å². The largest absolute Gasteiger partial charge is 0.387 e. The van der Waals surface area contributed by atoms with Crippen LogP contribution in [0, 0.1) is 0 Å². The van der Waals surface area contributed by atoms with E-state index in [0.717, 1.165) is 12.1 Å². The maximum absolute atomic E-state index is 9.86. The minimum Gasteiger partial charge on any atom is -0.387 e. The summed E-state index contributed by atoms with van der Waals surface area (Å²) < 4.78 is 5.29. The van der Waals surface area contributed by atoms with Crippen molar-refractivity contribution >= 4 is 0 Å². The molecule has 0 saturated heterocycles. The van der Waals surface area contributed by atoms with Crippen molar-refractivity contribution < 1.29 is 9.84 Å². The van der Waals surface area contributed by atoms with Crippen molar-refractivity contribution in [3.05, 3.63) is 30.1 Å². The Hall–Kier alpha value is -0.930. The third-order valence-electron chi connectivity index (χ3n) is 2.60. The molecule has 0 saturated carbocycles. The standard InChI is InChI=1S/C12H19NO2/c1-12(2,15-3)8-7-11(14)10-6-4-5-9-13-10/h4-6,9,11,14H,7-8H2,1-3H3. The fraction of sp³-hybridized carbons (Fsp3) is 0.583. The summed E-state index contributed by atoms with van der Waals surface area (Å²) in [5, 5.41) is 9.86. The van der Waals surface area contributed by atoms with Crippen LogP contribution in [0.3, 0.4) is 0 Å². The maximum atomic E-state index is 9.86. The monoisotopic (exact) mass is 209 g/mol. The predicted molar refractivity (Wildman–Crippen MR) is 59.5 cm³/mol. The van der Waals surface area contributed by atoms with Gasteiger partial charge in [0.1, 0.15) is 0 Å². The molecule has 1 rings (SSSR count). The van der Waals surface area contributed by atoms with Gasteiger partial charge >= 0.3 is 0 Å². The Kier molecular flexibility index (Phi) is 4.24. The summed E-state index contributed by atoms with van der Waals surface area (Å²) >= 11 is 0. The second kappa shape index (κ2) is 5.24. The van der Waals surface area contributed by atoms with Crippen LogP contribution in [-0.2, 0) is 4.74 Å². The Morgan fingerprint density at radius 1 is 1.47 bits per heavy atom. The molecule has 3 heteroatoms. The molecule has 1 aromatic rings. The number of methoxy groups -OCH3 is 1. The molecule has 1 unspecified atom stereocenters. The fourth-order valence-electron chi connectivity index (χ4n) is 1.31. The first-order valence-electron chi connectivity index (χ1n) is 5.19. The van der Waals surface area contributed by atoms with Crippen LogP contribution < -0.4 is 0 Å². The van der Waals surface area contributed by atoms with Crippen molar-refractivity contribution in [2.75, 3.05) is 7.11 Å². The molecule has 0 spiro atoms. The number of aromatic nitrogens is 1. The molecule has 0 aliphatic rings. The molecule has 0 aromatic carbocycles. The van der Waals surface area contributed by atoms with Gasteiger partial charge in [0.2, 0.25) is 0 Å². The van der Waals surface area contributed by atoms with Gasteiger partial charge in [-0.1, -0.05) is 6.07 Å². The van der Waals surface area contributed by atoms with Crippen molar-refractivity contribution in [1.29, 1.82) is 0 Å². The second-order valence-electron chi connectivity index (χ2n) is 4.27. The van der Waals surface area contributed by atoms with Crippen molar-refractivity contribution in [3.63, 3.8) is 0 Å². The molecule has 0 fully saturated rings. The zero-order chi connectivity index (χ0) is 11.3. The first-order chi connectivity index (χ1) is 7.05. The lowest BCUT2D eigenvalue weighted by atomic mass is 9.99. The summed E-state index contributed by atoms with van der Waals surface area (Å²) in [6, 6.07) is 5.56. The minimum atomic E-state index is -0.499. The number of hydrogen-bond acceptors (Lipinski definition) is 3. The highest BCUT2D eigenvalue weighted by atomic mass is 16.5. The maximum Gasteiger partial charge on any atom is 0.0960 e. The Balaban J connectivity index is 2.47. The first-order valence-corrected chi connectivity index (χ1v) is 5.19. The lowest BCUT2D eigenvalue weighted by Crippen LogP contribution is -2.23. The Morgan fingerprint density at radius 3 is 2.73 bits per heavy atom. The van der Waals surface area contributed by atoms with Crippen LogP contribution in [0.15, 0.2) is 24.4 Å². The Morgan fingerprint density at radius 2 is 2.20 bits per heavy atom. The zero-order valence-corrected chi connectivity index (χ0v) is 9.60. The van der Waals surface area contributed by atoms with Gasteiger partial charge in [-0.15, -0.1) is 0 Å². The summed E-state index contributed by atoms with van der Waals surface area (Å²) in [6.45, 7) is 4.02. The van der Waals surface area contributed by atoms with Gasteiger partial charge in [0.15, 0.2) is 0 Å². The molecular formula is C12H19NO2. The van der Waals surface area contributed by atoms with Gasteiger partial charge in [0.05, 0.1) is 17.4 Å². The molecule has 0 aliphatic carbocycles. The summed E-state index contributed by atoms with van der Waals surface area (Å²) in [7, 11) is 1.69. The van der Waals surface area contributed by atoms with E-state index >= 15 is 0 Å². The van der Waals surface area contributed by atoms with E-state index in [1.54, 1.807) is 13.3 Å². The smallest absolute Gasteiger partial charge is 0.0960 e. The van der Waals surface area contributed by atoms with Crippen molar-refractivity contribution in [2.45, 2.75) is 38.4 Å². The summed E-state index contributed by atoms with van der Waals surface area (Å²) in [5.74, 6) is 0. The highest BCUT2D eigenvalue weighted by Crippen LogP contribution is 2.22. The number of nitrogens with zero attached hydrogens (tertiary/aromatic N) is 1. The van der Waals surface area contributed by atoms with Crippen LogP contribution in [-0.4, -0.2) is 22.8 Å². The SMILES string of the molecule is COC(C)(C)CCC(O)c1ccccn1. The van der Waals surface area contributed by atoms with Crippen LogP contribution in [0.4, 0.5) is 0 Å². The molecule has 1 aromatic heterocycles. The van der Waals surface area contributed by atoms with Crippen LogP contribution in [0.2, 0.25) is 0 Å². The van der Waals surface area contributed by atoms with E-state index in [1.807, 2.05) is 32.0 Å². The second-order valence-corrected chi connectivity index (χ2v) is 4.27. The quantitative estimate of drug-likeness (QED) is 0.809. The minimum absolute atomic E-state index is 0.185. The van der Waals surface area contributed by atoms with E-state index < -0.39 is 6.10 Å². The van der Waals surface area contributed by atoms with E-state index in [1.165, 1.54) is 0 Å². The summed E-state index contributed by atoms with van der Waals surface area (Å²) in [6.07, 6.45) is 2.67. The van der Waals surface area contributed by atoms with Crippen molar-refractivity contribution in [2.24, 2.45) is 0 Å². The zero-order valence-electron chi connectivity index (χ0n) is 9.60. The number of pyridine rings is 1. The Bertz CT molecular complexity index is 285. The normalized spacial score (nSPS) is 13.9. The van der Waals surface area contributed by atoms with E-state index in [0.29, 0.717) is 6.42 Å². The third-order valence-corrected chi connectivity index (χ3v) is 2.60. The molecule has 3 nitrogen and oxygen atoms in total. The van der Waals surface area contributed by atoms with E-state index in [-0.39, 0.29) is 5.60 Å². The number of aliphatic hydroxyl groups is 1. The average molecular weight is 209 g/mol. The molecule has 1 atom stereocenters. The molecule has 1 heterocycles. The number of rotatable bonds is 5. The van der Waals surface area contributed by atoms with Crippen molar-refractivity contribution in [3.8, 4) is 0 Å². The van der Waals surface area contributed by atoms with Crippen molar-refractivity contribution in [1.82, 2.24) is 4.98 Å². The lowest BCUT2D eigenvalue weighted by Gasteiger charge is -2.23. The van der Waals surface area contributed by atoms with Gasteiger partial charge in [0, 0.05) is 13.3 Å². The number of ether oxygens (including phenoxy) is 1. The molecule has 0 aliphatic heterocycles. The highest BCUT2D eigenvalue weighted by molar-refractivity contribution is 5.06. The van der Waals surface area contributed by atoms with Crippen LogP contribution in [0.1, 0.15) is 38.5 Å². The van der Waals surface area contributed by atoms with Crippen LogP contribution in [0.5, 0.6) is 0 Å². The molecule has 0 bridgehead atoms. The average Bonchev–Trinajstić information content (AvgIpc) is 2.27. The summed E-state index contributed by atoms with van der Waals surface area (Å²) in [4.78, 5) is 4.11. The van der Waals surface area contributed by atoms with Gasteiger partial charge in [-0.2, -0.15) is 0 Å².